The van der Waals surface area contributed by atoms with Crippen molar-refractivity contribution in [1.82, 2.24) is 23.9 Å². The van der Waals surface area contributed by atoms with Crippen molar-refractivity contribution in [2.24, 2.45) is 21.1 Å². The van der Waals surface area contributed by atoms with Crippen LogP contribution in [0, 0.1) is 0 Å². The standard InChI is InChI=1S/C30H36N8O5S2/c1-35-16-19(13-22(35)27(39)31-6-7-38-8-10-43-11-9-38)32-28(40)23-14-20(17-36(23)2)33-29(41)24-15-21(18-37(24)3)34-30(42)26-25(44-4)5-12-45-26/h5,12-18H,6-11H2,1-4H3,(H,31,39)(H,32,40)(H,33,41)(H,34,42). The molecule has 4 amide bonds. The van der Waals surface area contributed by atoms with E-state index < -0.39 is 11.8 Å². The summed E-state index contributed by atoms with van der Waals surface area (Å²) in [5.41, 5.74) is 2.45. The molecule has 0 atom stereocenters. The Kier molecular flexibility index (Phi) is 10.1. The second-order valence-corrected chi connectivity index (χ2v) is 12.3. The number of nitrogens with one attached hydrogen (secondary N) is 4. The van der Waals surface area contributed by atoms with Gasteiger partial charge < -0.3 is 39.7 Å². The van der Waals surface area contributed by atoms with Crippen molar-refractivity contribution in [3.8, 4) is 0 Å². The second kappa shape index (κ2) is 14.2. The maximum Gasteiger partial charge on any atom is 0.272 e. The topological polar surface area (TPSA) is 144 Å². The average molecular weight is 653 g/mol. The summed E-state index contributed by atoms with van der Waals surface area (Å²) in [5, 5.41) is 13.3. The van der Waals surface area contributed by atoms with Gasteiger partial charge in [-0.3, -0.25) is 24.1 Å². The number of nitrogens with zero attached hydrogens (tertiary/aromatic N) is 4. The number of hydrogen-bond donors (Lipinski definition) is 4. The van der Waals surface area contributed by atoms with E-state index in [1.807, 2.05) is 17.7 Å². The van der Waals surface area contributed by atoms with Crippen molar-refractivity contribution in [2.75, 3.05) is 61.6 Å². The van der Waals surface area contributed by atoms with Gasteiger partial charge in [-0.15, -0.1) is 23.1 Å². The Morgan fingerprint density at radius 3 is 1.78 bits per heavy atom. The van der Waals surface area contributed by atoms with Crippen LogP contribution in [0.5, 0.6) is 0 Å². The summed E-state index contributed by atoms with van der Waals surface area (Å²) in [6, 6.07) is 6.69. The Bertz CT molecular complexity index is 1710. The number of aryl methyl sites for hydroxylation is 3. The molecule has 13 nitrogen and oxygen atoms in total. The van der Waals surface area contributed by atoms with Crippen LogP contribution in [-0.4, -0.2) is 87.9 Å². The molecule has 1 aliphatic heterocycles. The van der Waals surface area contributed by atoms with Gasteiger partial charge in [0.05, 0.1) is 30.3 Å². The van der Waals surface area contributed by atoms with Gasteiger partial charge >= 0.3 is 0 Å². The maximum atomic E-state index is 13.1. The van der Waals surface area contributed by atoms with E-state index in [1.165, 1.54) is 23.1 Å². The third-order valence-electron chi connectivity index (χ3n) is 7.36. The molecule has 0 unspecified atom stereocenters. The molecule has 0 aliphatic carbocycles. The van der Waals surface area contributed by atoms with Crippen LogP contribution in [0.2, 0.25) is 0 Å². The minimum absolute atomic E-state index is 0.227. The van der Waals surface area contributed by atoms with E-state index in [0.29, 0.717) is 58.8 Å². The van der Waals surface area contributed by atoms with Crippen molar-refractivity contribution < 1.29 is 23.9 Å². The normalized spacial score (nSPS) is 13.4. The minimum atomic E-state index is -0.399. The Labute approximate surface area is 268 Å². The van der Waals surface area contributed by atoms with Gasteiger partial charge in [0.1, 0.15) is 22.0 Å². The lowest BCUT2D eigenvalue weighted by Crippen LogP contribution is -2.41. The van der Waals surface area contributed by atoms with Crippen LogP contribution in [0.3, 0.4) is 0 Å². The molecule has 45 heavy (non-hydrogen) atoms. The highest BCUT2D eigenvalue weighted by Crippen LogP contribution is 2.27. The number of aromatic nitrogens is 3. The molecule has 5 rings (SSSR count). The number of carbonyl (C=O) groups is 4. The zero-order valence-corrected chi connectivity index (χ0v) is 27.1. The van der Waals surface area contributed by atoms with Gasteiger partial charge in [-0.05, 0) is 35.9 Å². The fourth-order valence-corrected chi connectivity index (χ4v) is 6.67. The van der Waals surface area contributed by atoms with Crippen molar-refractivity contribution >= 4 is 63.8 Å². The molecule has 4 aromatic heterocycles. The van der Waals surface area contributed by atoms with Crippen LogP contribution in [0.4, 0.5) is 17.1 Å². The third kappa shape index (κ3) is 7.68. The number of thioether (sulfide) groups is 1. The molecule has 0 spiro atoms. The number of hydrogen-bond acceptors (Lipinski definition) is 8. The van der Waals surface area contributed by atoms with E-state index in [4.69, 9.17) is 4.74 Å². The molecule has 4 N–H and O–H groups in total. The Morgan fingerprint density at radius 1 is 0.778 bits per heavy atom. The smallest absolute Gasteiger partial charge is 0.272 e. The predicted molar refractivity (Wildman–Crippen MR) is 176 cm³/mol. The number of thiophene rings is 1. The third-order valence-corrected chi connectivity index (χ3v) is 9.18. The number of carbonyl (C=O) groups excluding carboxylic acids is 4. The molecule has 238 valence electrons. The number of morpholine rings is 1. The lowest BCUT2D eigenvalue weighted by molar-refractivity contribution is 0.0383. The summed E-state index contributed by atoms with van der Waals surface area (Å²) in [5.74, 6) is -1.26. The minimum Gasteiger partial charge on any atom is -0.379 e. The number of rotatable bonds is 11. The quantitative estimate of drug-likeness (QED) is 0.182. The zero-order chi connectivity index (χ0) is 32.1. The van der Waals surface area contributed by atoms with Gasteiger partial charge in [0.2, 0.25) is 0 Å². The van der Waals surface area contributed by atoms with Crippen LogP contribution < -0.4 is 21.3 Å². The van der Waals surface area contributed by atoms with Gasteiger partial charge in [-0.25, -0.2) is 0 Å². The lowest BCUT2D eigenvalue weighted by atomic mass is 10.3. The first-order chi connectivity index (χ1) is 21.6. The van der Waals surface area contributed by atoms with Gasteiger partial charge in [0, 0.05) is 70.8 Å². The van der Waals surface area contributed by atoms with Crippen molar-refractivity contribution in [1.29, 1.82) is 0 Å². The van der Waals surface area contributed by atoms with E-state index in [0.717, 1.165) is 24.5 Å². The van der Waals surface area contributed by atoms with Crippen molar-refractivity contribution in [3.63, 3.8) is 0 Å². The monoisotopic (exact) mass is 652 g/mol. The largest absolute Gasteiger partial charge is 0.379 e. The predicted octanol–water partition coefficient (Wildman–Crippen LogP) is 3.30. The van der Waals surface area contributed by atoms with Crippen molar-refractivity contribution in [2.45, 2.75) is 4.90 Å². The van der Waals surface area contributed by atoms with E-state index in [2.05, 4.69) is 26.2 Å². The van der Waals surface area contributed by atoms with Crippen LogP contribution in [0.1, 0.15) is 41.1 Å². The van der Waals surface area contributed by atoms with Gasteiger partial charge in [0.25, 0.3) is 23.6 Å². The Hall–Kier alpha value is -4.31. The van der Waals surface area contributed by atoms with Crippen molar-refractivity contribution in [3.05, 3.63) is 70.2 Å². The molecule has 0 aromatic carbocycles. The summed E-state index contributed by atoms with van der Waals surface area (Å²) < 4.78 is 10.2. The summed E-state index contributed by atoms with van der Waals surface area (Å²) in [4.78, 5) is 55.5. The average Bonchev–Trinajstić information content (AvgIpc) is 3.80. The van der Waals surface area contributed by atoms with E-state index >= 15 is 0 Å². The molecule has 1 saturated heterocycles. The molecule has 15 heteroatoms. The highest BCUT2D eigenvalue weighted by molar-refractivity contribution is 7.98. The summed E-state index contributed by atoms with van der Waals surface area (Å²) in [6.45, 7) is 4.36. The van der Waals surface area contributed by atoms with Gasteiger partial charge in [0.15, 0.2) is 0 Å². The first-order valence-electron chi connectivity index (χ1n) is 14.3. The Morgan fingerprint density at radius 2 is 1.27 bits per heavy atom. The molecule has 0 radical (unpaired) electrons. The second-order valence-electron chi connectivity index (χ2n) is 10.6. The molecule has 1 fully saturated rings. The number of anilines is 3. The molecule has 0 saturated carbocycles. The first kappa shape index (κ1) is 32.1. The van der Waals surface area contributed by atoms with E-state index in [9.17, 15) is 19.2 Å². The van der Waals surface area contributed by atoms with Gasteiger partial charge in [-0.1, -0.05) is 0 Å². The molecule has 4 aromatic rings. The summed E-state index contributed by atoms with van der Waals surface area (Å²) in [6.07, 6.45) is 6.89. The summed E-state index contributed by atoms with van der Waals surface area (Å²) >= 11 is 2.86. The maximum absolute atomic E-state index is 13.1. The molecule has 0 bridgehead atoms. The highest BCUT2D eigenvalue weighted by atomic mass is 32.2. The molecule has 1 aliphatic rings. The highest BCUT2D eigenvalue weighted by Gasteiger charge is 2.20. The first-order valence-corrected chi connectivity index (χ1v) is 16.4. The number of amides is 4. The summed E-state index contributed by atoms with van der Waals surface area (Å²) in [7, 11) is 5.16. The lowest BCUT2D eigenvalue weighted by Gasteiger charge is -2.26. The fraction of sp³-hybridized carbons (Fsp3) is 0.333. The zero-order valence-electron chi connectivity index (χ0n) is 25.5. The molecule has 5 heterocycles. The van der Waals surface area contributed by atoms with E-state index in [-0.39, 0.29) is 11.8 Å². The molecular weight excluding hydrogens is 617 g/mol. The van der Waals surface area contributed by atoms with E-state index in [1.54, 1.807) is 71.6 Å². The van der Waals surface area contributed by atoms with Crippen LogP contribution in [-0.2, 0) is 25.9 Å². The fourth-order valence-electron chi connectivity index (χ4n) is 5.02. The van der Waals surface area contributed by atoms with Crippen LogP contribution in [0.15, 0.2) is 53.1 Å². The molecular formula is C30H36N8O5S2. The van der Waals surface area contributed by atoms with Crippen LogP contribution >= 0.6 is 23.1 Å². The van der Waals surface area contributed by atoms with Crippen LogP contribution in [0.25, 0.3) is 0 Å². The Balaban J connectivity index is 1.17. The SMILES string of the molecule is CSc1ccsc1C(=O)Nc1cc(C(=O)Nc2cc(C(=O)Nc3cc(C(=O)NCCN4CCOCC4)n(C)c3)n(C)c2)n(C)c1. The van der Waals surface area contributed by atoms with Gasteiger partial charge in [-0.2, -0.15) is 0 Å². The number of ether oxygens (including phenoxy) is 1.